The van der Waals surface area contributed by atoms with Crippen molar-refractivity contribution in [3.63, 3.8) is 0 Å². The van der Waals surface area contributed by atoms with E-state index in [-0.39, 0.29) is 24.7 Å². The van der Waals surface area contributed by atoms with Crippen molar-refractivity contribution in [1.82, 2.24) is 4.90 Å². The van der Waals surface area contributed by atoms with E-state index in [2.05, 4.69) is 23.4 Å². The molecule has 1 atom stereocenters. The van der Waals surface area contributed by atoms with Crippen LogP contribution in [0, 0.1) is 12.3 Å². The van der Waals surface area contributed by atoms with Crippen molar-refractivity contribution in [2.75, 3.05) is 11.9 Å². The molecule has 1 aliphatic carbocycles. The van der Waals surface area contributed by atoms with Gasteiger partial charge in [0.1, 0.15) is 18.5 Å². The largest absolute Gasteiger partial charge is 0.480 e. The van der Waals surface area contributed by atoms with Gasteiger partial charge >= 0.3 is 0 Å². The number of carbonyl (C=O) groups is 1. The van der Waals surface area contributed by atoms with E-state index in [1.807, 2.05) is 53.4 Å². The summed E-state index contributed by atoms with van der Waals surface area (Å²) in [4.78, 5) is 15.3. The summed E-state index contributed by atoms with van der Waals surface area (Å²) in [6.45, 7) is 0.187. The van der Waals surface area contributed by atoms with E-state index in [9.17, 15) is 4.79 Å². The molecular weight excluding hydrogens is 348 g/mol. The number of anilines is 1. The normalized spacial score (nSPS) is 18.3. The third-order valence-electron chi connectivity index (χ3n) is 5.42. The molecule has 0 aromatic heterocycles. The Balaban J connectivity index is 1.71. The minimum absolute atomic E-state index is 0.0673. The van der Waals surface area contributed by atoms with E-state index in [1.165, 1.54) is 0 Å². The van der Waals surface area contributed by atoms with Gasteiger partial charge < -0.3 is 15.0 Å². The lowest BCUT2D eigenvalue weighted by Gasteiger charge is -2.39. The zero-order valence-corrected chi connectivity index (χ0v) is 15.4. The molecule has 1 saturated carbocycles. The zero-order chi connectivity index (χ0) is 19.1. The number of fused-ring (bicyclic) bond motifs is 2. The number of benzene rings is 3. The van der Waals surface area contributed by atoms with Gasteiger partial charge in [0.05, 0.1) is 5.56 Å². The summed E-state index contributed by atoms with van der Waals surface area (Å²) in [5.74, 6) is 3.32. The predicted octanol–water partition coefficient (Wildman–Crippen LogP) is 4.58. The molecule has 3 aromatic carbocycles. The van der Waals surface area contributed by atoms with Crippen molar-refractivity contribution in [3.05, 3.63) is 71.8 Å². The molecule has 1 amide bonds. The molecule has 1 N–H and O–H groups in total. The van der Waals surface area contributed by atoms with Crippen LogP contribution >= 0.6 is 0 Å². The van der Waals surface area contributed by atoms with Crippen LogP contribution in [0.25, 0.3) is 10.8 Å². The van der Waals surface area contributed by atoms with Gasteiger partial charge in [-0.05, 0) is 41.8 Å². The SMILES string of the molecule is C#CCOc1ccc2ccccc2c1[C@H]1Nc2ccccc2C(=O)N1C1CC1. The van der Waals surface area contributed by atoms with E-state index in [0.717, 1.165) is 40.4 Å². The molecule has 4 nitrogen and oxygen atoms in total. The average molecular weight is 368 g/mol. The van der Waals surface area contributed by atoms with Gasteiger partial charge in [0.2, 0.25) is 0 Å². The monoisotopic (exact) mass is 368 g/mol. The van der Waals surface area contributed by atoms with Gasteiger partial charge in [-0.15, -0.1) is 6.42 Å². The highest BCUT2D eigenvalue weighted by Crippen LogP contribution is 2.45. The highest BCUT2D eigenvalue weighted by atomic mass is 16.5. The van der Waals surface area contributed by atoms with Crippen LogP contribution in [0.1, 0.15) is 34.9 Å². The summed E-state index contributed by atoms with van der Waals surface area (Å²) in [5, 5.41) is 5.77. The maximum absolute atomic E-state index is 13.4. The standard InChI is InChI=1S/C24H20N2O2/c1-2-15-28-21-14-11-16-7-3-4-8-18(16)22(21)23-25-20-10-6-5-9-19(20)24(27)26(23)17-12-13-17/h1,3-11,14,17,23,25H,12-13,15H2/t23-/m0/s1. The molecule has 1 fully saturated rings. The number of ether oxygens (including phenoxy) is 1. The lowest BCUT2D eigenvalue weighted by Crippen LogP contribution is -2.44. The minimum Gasteiger partial charge on any atom is -0.480 e. The van der Waals surface area contributed by atoms with Crippen LogP contribution in [0.2, 0.25) is 0 Å². The number of nitrogens with zero attached hydrogens (tertiary/aromatic N) is 1. The van der Waals surface area contributed by atoms with Gasteiger partial charge in [0.25, 0.3) is 5.91 Å². The maximum atomic E-state index is 13.4. The highest BCUT2D eigenvalue weighted by Gasteiger charge is 2.43. The first-order valence-corrected chi connectivity index (χ1v) is 9.54. The zero-order valence-electron chi connectivity index (χ0n) is 15.4. The van der Waals surface area contributed by atoms with Crippen molar-refractivity contribution in [1.29, 1.82) is 0 Å². The lowest BCUT2D eigenvalue weighted by atomic mass is 9.97. The van der Waals surface area contributed by atoms with Crippen molar-refractivity contribution in [3.8, 4) is 18.1 Å². The third-order valence-corrected chi connectivity index (χ3v) is 5.42. The molecular formula is C24H20N2O2. The molecule has 0 unspecified atom stereocenters. The van der Waals surface area contributed by atoms with Crippen molar-refractivity contribution < 1.29 is 9.53 Å². The average Bonchev–Trinajstić information content (AvgIpc) is 3.56. The smallest absolute Gasteiger partial charge is 0.258 e. The van der Waals surface area contributed by atoms with Crippen LogP contribution < -0.4 is 10.1 Å². The predicted molar refractivity (Wildman–Crippen MR) is 110 cm³/mol. The van der Waals surface area contributed by atoms with Gasteiger partial charge in [-0.25, -0.2) is 0 Å². The quantitative estimate of drug-likeness (QED) is 0.686. The summed E-state index contributed by atoms with van der Waals surface area (Å²) in [6, 6.07) is 20.1. The second-order valence-corrected chi connectivity index (χ2v) is 7.23. The number of hydrogen-bond donors (Lipinski definition) is 1. The second kappa shape index (κ2) is 6.61. The van der Waals surface area contributed by atoms with Crippen molar-refractivity contribution in [2.45, 2.75) is 25.0 Å². The van der Waals surface area contributed by atoms with E-state index in [0.29, 0.717) is 5.75 Å². The number of nitrogens with one attached hydrogen (secondary N) is 1. The van der Waals surface area contributed by atoms with Crippen LogP contribution in [0.5, 0.6) is 5.75 Å². The van der Waals surface area contributed by atoms with Crippen molar-refractivity contribution in [2.24, 2.45) is 0 Å². The van der Waals surface area contributed by atoms with E-state index in [4.69, 9.17) is 11.2 Å². The Morgan fingerprint density at radius 3 is 2.68 bits per heavy atom. The molecule has 1 heterocycles. The van der Waals surface area contributed by atoms with Gasteiger partial charge in [-0.1, -0.05) is 48.4 Å². The number of para-hydroxylation sites is 1. The van der Waals surface area contributed by atoms with Crippen LogP contribution in [-0.4, -0.2) is 23.5 Å². The lowest BCUT2D eigenvalue weighted by molar-refractivity contribution is 0.0665. The number of amides is 1. The first-order chi connectivity index (χ1) is 13.8. The topological polar surface area (TPSA) is 41.6 Å². The molecule has 138 valence electrons. The number of hydrogen-bond acceptors (Lipinski definition) is 3. The number of carbonyl (C=O) groups excluding carboxylic acids is 1. The summed E-state index contributed by atoms with van der Waals surface area (Å²) in [7, 11) is 0. The molecule has 0 radical (unpaired) electrons. The van der Waals surface area contributed by atoms with Gasteiger partial charge in [-0.2, -0.15) is 0 Å². The van der Waals surface area contributed by atoms with Gasteiger partial charge in [0.15, 0.2) is 0 Å². The second-order valence-electron chi connectivity index (χ2n) is 7.23. The first-order valence-electron chi connectivity index (χ1n) is 9.54. The Morgan fingerprint density at radius 2 is 1.86 bits per heavy atom. The molecule has 0 bridgehead atoms. The molecule has 2 aliphatic rings. The van der Waals surface area contributed by atoms with E-state index in [1.54, 1.807) is 0 Å². The molecule has 0 spiro atoms. The van der Waals surface area contributed by atoms with E-state index >= 15 is 0 Å². The molecule has 5 rings (SSSR count). The summed E-state index contributed by atoms with van der Waals surface area (Å²) < 4.78 is 5.91. The fourth-order valence-corrected chi connectivity index (χ4v) is 4.01. The summed E-state index contributed by atoms with van der Waals surface area (Å²) in [6.07, 6.45) is 7.19. The Kier molecular flexibility index (Phi) is 3.95. The number of rotatable bonds is 4. The fraction of sp³-hybridized carbons (Fsp3) is 0.208. The Hall–Kier alpha value is -3.45. The molecule has 0 saturated heterocycles. The molecule has 3 aromatic rings. The molecule has 28 heavy (non-hydrogen) atoms. The first kappa shape index (κ1) is 16.7. The molecule has 1 aliphatic heterocycles. The third kappa shape index (κ3) is 2.68. The number of terminal acetylenes is 1. The Morgan fingerprint density at radius 1 is 1.07 bits per heavy atom. The van der Waals surface area contributed by atoms with Gasteiger partial charge in [-0.3, -0.25) is 4.79 Å². The highest BCUT2D eigenvalue weighted by molar-refractivity contribution is 6.03. The summed E-state index contributed by atoms with van der Waals surface area (Å²) >= 11 is 0. The fourth-order valence-electron chi connectivity index (χ4n) is 4.01. The molecule has 4 heteroatoms. The summed E-state index contributed by atoms with van der Waals surface area (Å²) in [5.41, 5.74) is 2.53. The minimum atomic E-state index is -0.297. The Labute approximate surface area is 164 Å². The van der Waals surface area contributed by atoms with Gasteiger partial charge in [0, 0.05) is 17.3 Å². The van der Waals surface area contributed by atoms with Crippen LogP contribution in [0.4, 0.5) is 5.69 Å². The van der Waals surface area contributed by atoms with Crippen molar-refractivity contribution >= 4 is 22.4 Å². The van der Waals surface area contributed by atoms with Crippen LogP contribution in [-0.2, 0) is 0 Å². The Bertz CT molecular complexity index is 1110. The van der Waals surface area contributed by atoms with Crippen LogP contribution in [0.15, 0.2) is 60.7 Å². The maximum Gasteiger partial charge on any atom is 0.258 e. The van der Waals surface area contributed by atoms with Crippen LogP contribution in [0.3, 0.4) is 0 Å². The van der Waals surface area contributed by atoms with E-state index < -0.39 is 0 Å².